The Morgan fingerprint density at radius 2 is 0.917 bits per heavy atom. The molecule has 0 rings (SSSR count). The molecule has 0 aromatic carbocycles. The smallest absolute Gasteiger partial charge is 0.457 e. The van der Waals surface area contributed by atoms with Crippen LogP contribution in [0.4, 0.5) is 0 Å². The van der Waals surface area contributed by atoms with Crippen LogP contribution in [-0.2, 0) is 27.9 Å². The Balaban J connectivity index is 3.99. The molecule has 0 spiro atoms. The molecule has 48 heavy (non-hydrogen) atoms. The average Bonchev–Trinajstić information content (AvgIpc) is 3.07. The van der Waals surface area contributed by atoms with Crippen molar-refractivity contribution >= 4 is 13.8 Å². The van der Waals surface area contributed by atoms with Crippen LogP contribution in [0.3, 0.4) is 0 Å². The van der Waals surface area contributed by atoms with Gasteiger partial charge in [0.05, 0.1) is 19.8 Å². The molecular formula is C39H80NO7P. The predicted octanol–water partition coefficient (Wildman–Crippen LogP) is 11.7. The zero-order chi connectivity index (χ0) is 35.2. The molecule has 0 fully saturated rings. The fourth-order valence-electron chi connectivity index (χ4n) is 6.00. The second kappa shape index (κ2) is 37.7. The molecule has 288 valence electrons. The van der Waals surface area contributed by atoms with Crippen molar-refractivity contribution in [1.29, 1.82) is 0 Å². The lowest BCUT2D eigenvalue weighted by molar-refractivity contribution is -0.154. The molecule has 0 heterocycles. The van der Waals surface area contributed by atoms with E-state index in [0.29, 0.717) is 13.0 Å². The largest absolute Gasteiger partial charge is 0.472 e. The molecule has 8 nitrogen and oxygen atoms in total. The van der Waals surface area contributed by atoms with Crippen LogP contribution in [0.2, 0.25) is 0 Å². The second-order valence-electron chi connectivity index (χ2n) is 13.9. The lowest BCUT2D eigenvalue weighted by atomic mass is 10.0. The first-order chi connectivity index (χ1) is 23.4. The van der Waals surface area contributed by atoms with Crippen LogP contribution in [0.5, 0.6) is 0 Å². The van der Waals surface area contributed by atoms with E-state index < -0.39 is 13.9 Å². The zero-order valence-electron chi connectivity index (χ0n) is 31.7. The van der Waals surface area contributed by atoms with Gasteiger partial charge in [-0.25, -0.2) is 4.57 Å². The van der Waals surface area contributed by atoms with Gasteiger partial charge in [0.1, 0.15) is 6.10 Å². The number of rotatable bonds is 40. The van der Waals surface area contributed by atoms with Gasteiger partial charge in [-0.05, 0) is 12.8 Å². The molecule has 0 amide bonds. The van der Waals surface area contributed by atoms with E-state index in [1.807, 2.05) is 0 Å². The maximum Gasteiger partial charge on any atom is 0.472 e. The van der Waals surface area contributed by atoms with Crippen molar-refractivity contribution in [3.8, 4) is 0 Å². The number of carbonyl (C=O) groups is 1. The Labute approximate surface area is 297 Å². The number of hydrogen-bond acceptors (Lipinski definition) is 7. The van der Waals surface area contributed by atoms with Gasteiger partial charge in [0.2, 0.25) is 0 Å². The molecule has 0 aromatic rings. The SMILES string of the molecule is CCCCCCCCCCCCCCCCCCCC(=O)OC(COCCCCCCCCCCCCCC)COP(=O)(O)OCCN. The highest BCUT2D eigenvalue weighted by Gasteiger charge is 2.25. The lowest BCUT2D eigenvalue weighted by Crippen LogP contribution is -2.28. The summed E-state index contributed by atoms with van der Waals surface area (Å²) in [4.78, 5) is 22.4. The molecule has 0 aromatic heterocycles. The van der Waals surface area contributed by atoms with Crippen molar-refractivity contribution < 1.29 is 32.8 Å². The van der Waals surface area contributed by atoms with Crippen LogP contribution in [-0.4, -0.2) is 49.9 Å². The molecule has 0 radical (unpaired) electrons. The number of ether oxygens (including phenoxy) is 2. The quantitative estimate of drug-likeness (QED) is 0.0367. The first-order valence-electron chi connectivity index (χ1n) is 20.5. The molecule has 0 bridgehead atoms. The highest BCUT2D eigenvalue weighted by molar-refractivity contribution is 7.47. The third-order valence-electron chi connectivity index (χ3n) is 9.02. The third-order valence-corrected chi connectivity index (χ3v) is 10.0. The van der Waals surface area contributed by atoms with Gasteiger partial charge in [-0.3, -0.25) is 13.8 Å². The van der Waals surface area contributed by atoms with Gasteiger partial charge < -0.3 is 20.1 Å². The molecule has 0 aliphatic rings. The van der Waals surface area contributed by atoms with Gasteiger partial charge in [-0.2, -0.15) is 0 Å². The van der Waals surface area contributed by atoms with E-state index in [4.69, 9.17) is 24.3 Å². The summed E-state index contributed by atoms with van der Waals surface area (Å²) in [5.74, 6) is -0.325. The second-order valence-corrected chi connectivity index (χ2v) is 15.3. The molecular weight excluding hydrogens is 625 g/mol. The van der Waals surface area contributed by atoms with Crippen molar-refractivity contribution in [2.75, 3.05) is 33.0 Å². The van der Waals surface area contributed by atoms with E-state index in [2.05, 4.69) is 13.8 Å². The molecule has 0 saturated carbocycles. The number of unbranched alkanes of at least 4 members (excludes halogenated alkanes) is 27. The number of phosphoric acid groups is 1. The third kappa shape index (κ3) is 36.8. The van der Waals surface area contributed by atoms with E-state index in [1.54, 1.807) is 0 Å². The summed E-state index contributed by atoms with van der Waals surface area (Å²) in [5, 5.41) is 0. The highest BCUT2D eigenvalue weighted by atomic mass is 31.2. The van der Waals surface area contributed by atoms with Crippen molar-refractivity contribution in [1.82, 2.24) is 0 Å². The Bertz CT molecular complexity index is 712. The maximum atomic E-state index is 12.5. The summed E-state index contributed by atoms with van der Waals surface area (Å²) in [6, 6.07) is 0. The van der Waals surface area contributed by atoms with Gasteiger partial charge in [-0.1, -0.05) is 187 Å². The number of nitrogens with two attached hydrogens (primary N) is 1. The first kappa shape index (κ1) is 47.5. The Kier molecular flexibility index (Phi) is 37.4. The molecule has 0 aliphatic carbocycles. The fraction of sp³-hybridized carbons (Fsp3) is 0.974. The van der Waals surface area contributed by atoms with Crippen molar-refractivity contribution in [2.45, 2.75) is 213 Å². The minimum Gasteiger partial charge on any atom is -0.457 e. The van der Waals surface area contributed by atoms with E-state index in [0.717, 1.165) is 32.1 Å². The molecule has 3 N–H and O–H groups in total. The molecule has 0 saturated heterocycles. The van der Waals surface area contributed by atoms with E-state index in [9.17, 15) is 14.3 Å². The van der Waals surface area contributed by atoms with Crippen LogP contribution < -0.4 is 5.73 Å². The van der Waals surface area contributed by atoms with E-state index in [1.165, 1.54) is 154 Å². The Morgan fingerprint density at radius 3 is 1.31 bits per heavy atom. The van der Waals surface area contributed by atoms with Crippen LogP contribution in [0.25, 0.3) is 0 Å². The summed E-state index contributed by atoms with van der Waals surface area (Å²) in [7, 11) is -4.26. The first-order valence-corrected chi connectivity index (χ1v) is 22.0. The topological polar surface area (TPSA) is 117 Å². The average molecular weight is 706 g/mol. The number of carbonyl (C=O) groups excluding carboxylic acids is 1. The number of hydrogen-bond donors (Lipinski definition) is 2. The standard InChI is InChI=1S/C39H80NO7P/c1-3-5-7-9-11-13-15-17-18-19-20-21-22-24-26-28-30-32-39(41)47-38(37-46-48(42,43)45-35-33-40)36-44-34-31-29-27-25-23-16-14-12-10-8-6-4-2/h38H,3-37,40H2,1-2H3,(H,42,43). The van der Waals surface area contributed by atoms with Crippen molar-refractivity contribution in [3.63, 3.8) is 0 Å². The predicted molar refractivity (Wildman–Crippen MR) is 201 cm³/mol. The van der Waals surface area contributed by atoms with Crippen molar-refractivity contribution in [2.24, 2.45) is 5.73 Å². The summed E-state index contributed by atoms with van der Waals surface area (Å²) in [6.07, 6.45) is 36.8. The maximum absolute atomic E-state index is 12.5. The van der Waals surface area contributed by atoms with Gasteiger partial charge in [-0.15, -0.1) is 0 Å². The van der Waals surface area contributed by atoms with E-state index in [-0.39, 0.29) is 32.3 Å². The van der Waals surface area contributed by atoms with Gasteiger partial charge >= 0.3 is 13.8 Å². The zero-order valence-corrected chi connectivity index (χ0v) is 32.6. The summed E-state index contributed by atoms with van der Waals surface area (Å²) in [5.41, 5.74) is 5.36. The van der Waals surface area contributed by atoms with Gasteiger partial charge in [0.25, 0.3) is 0 Å². The summed E-state index contributed by atoms with van der Waals surface area (Å²) < 4.78 is 33.3. The number of esters is 1. The van der Waals surface area contributed by atoms with Gasteiger partial charge in [0, 0.05) is 19.6 Å². The highest BCUT2D eigenvalue weighted by Crippen LogP contribution is 2.43. The van der Waals surface area contributed by atoms with Gasteiger partial charge in [0.15, 0.2) is 0 Å². The molecule has 2 atom stereocenters. The van der Waals surface area contributed by atoms with Crippen LogP contribution in [0.15, 0.2) is 0 Å². The molecule has 2 unspecified atom stereocenters. The van der Waals surface area contributed by atoms with E-state index >= 15 is 0 Å². The minimum atomic E-state index is -4.26. The Hall–Kier alpha value is -0.500. The Morgan fingerprint density at radius 1 is 0.542 bits per heavy atom. The van der Waals surface area contributed by atoms with Crippen molar-refractivity contribution in [3.05, 3.63) is 0 Å². The number of phosphoric ester groups is 1. The fourth-order valence-corrected chi connectivity index (χ4v) is 6.76. The van der Waals surface area contributed by atoms with Crippen LogP contribution in [0.1, 0.15) is 206 Å². The minimum absolute atomic E-state index is 0.0903. The molecule has 9 heteroatoms. The lowest BCUT2D eigenvalue weighted by Gasteiger charge is -2.20. The monoisotopic (exact) mass is 706 g/mol. The summed E-state index contributed by atoms with van der Waals surface area (Å²) in [6.45, 7) is 4.97. The molecule has 0 aliphatic heterocycles. The normalized spacial score (nSPS) is 13.5. The summed E-state index contributed by atoms with van der Waals surface area (Å²) >= 11 is 0. The van der Waals surface area contributed by atoms with Crippen LogP contribution >= 0.6 is 7.82 Å². The van der Waals surface area contributed by atoms with Crippen LogP contribution in [0, 0.1) is 0 Å².